The van der Waals surface area contributed by atoms with Crippen molar-refractivity contribution in [2.24, 2.45) is 0 Å². The Kier molecular flexibility index (Phi) is 4.46. The molecular weight excluding hydrogens is 340 g/mol. The van der Waals surface area contributed by atoms with Gasteiger partial charge >= 0.3 is 0 Å². The standard InChI is InChI=1S/C21H20N4O2/c1-15(16-7-3-2-4-8-16)13-23-19(26)14-25-20-17(9-5-11-22-20)24-12-6-10-18(24)21(25)27/h2-12,15H,13-14H2,1H3,(H,23,26)/t15-/m1/s1. The Morgan fingerprint density at radius 2 is 1.85 bits per heavy atom. The van der Waals surface area contributed by atoms with Crippen molar-refractivity contribution in [1.29, 1.82) is 0 Å². The second-order valence-corrected chi connectivity index (χ2v) is 6.62. The number of amides is 1. The van der Waals surface area contributed by atoms with Crippen LogP contribution >= 0.6 is 0 Å². The number of hydrogen-bond donors (Lipinski definition) is 1. The van der Waals surface area contributed by atoms with Gasteiger partial charge in [0.2, 0.25) is 5.91 Å². The molecule has 27 heavy (non-hydrogen) atoms. The molecule has 1 N–H and O–H groups in total. The third-order valence-electron chi connectivity index (χ3n) is 4.77. The van der Waals surface area contributed by atoms with E-state index in [1.165, 1.54) is 4.57 Å². The van der Waals surface area contributed by atoms with Crippen molar-refractivity contribution >= 4 is 22.6 Å². The van der Waals surface area contributed by atoms with Crippen LogP contribution in [-0.2, 0) is 11.3 Å². The van der Waals surface area contributed by atoms with E-state index in [0.29, 0.717) is 17.7 Å². The molecule has 4 aromatic rings. The smallest absolute Gasteiger partial charge is 0.276 e. The molecule has 0 saturated heterocycles. The maximum Gasteiger partial charge on any atom is 0.276 e. The lowest BCUT2D eigenvalue weighted by atomic mass is 10.0. The number of fused-ring (bicyclic) bond motifs is 3. The molecule has 0 aliphatic carbocycles. The first kappa shape index (κ1) is 17.0. The van der Waals surface area contributed by atoms with Gasteiger partial charge in [0, 0.05) is 18.9 Å². The summed E-state index contributed by atoms with van der Waals surface area (Å²) in [6, 6.07) is 17.3. The van der Waals surface area contributed by atoms with Gasteiger partial charge in [0.15, 0.2) is 5.65 Å². The summed E-state index contributed by atoms with van der Waals surface area (Å²) in [4.78, 5) is 29.7. The Bertz CT molecular complexity index is 1160. The number of benzene rings is 1. The van der Waals surface area contributed by atoms with Crippen LogP contribution < -0.4 is 10.9 Å². The fourth-order valence-corrected chi connectivity index (χ4v) is 3.30. The highest BCUT2D eigenvalue weighted by molar-refractivity contribution is 5.80. The van der Waals surface area contributed by atoms with E-state index in [2.05, 4.69) is 17.2 Å². The largest absolute Gasteiger partial charge is 0.354 e. The molecule has 0 fully saturated rings. The van der Waals surface area contributed by atoms with Gasteiger partial charge in [0.25, 0.3) is 5.56 Å². The van der Waals surface area contributed by atoms with E-state index in [1.807, 2.05) is 54.7 Å². The number of nitrogens with zero attached hydrogens (tertiary/aromatic N) is 3. The molecule has 3 aromatic heterocycles. The maximum atomic E-state index is 12.8. The summed E-state index contributed by atoms with van der Waals surface area (Å²) in [6.45, 7) is 2.51. The van der Waals surface area contributed by atoms with Crippen LogP contribution in [0.25, 0.3) is 16.7 Å². The Morgan fingerprint density at radius 3 is 2.67 bits per heavy atom. The molecule has 0 aliphatic rings. The molecule has 0 bridgehead atoms. The first-order chi connectivity index (χ1) is 13.1. The van der Waals surface area contributed by atoms with Gasteiger partial charge in [-0.05, 0) is 35.7 Å². The quantitative estimate of drug-likeness (QED) is 0.595. The fraction of sp³-hybridized carbons (Fsp3) is 0.190. The van der Waals surface area contributed by atoms with Crippen LogP contribution in [0.15, 0.2) is 71.8 Å². The van der Waals surface area contributed by atoms with Crippen LogP contribution in [-0.4, -0.2) is 26.4 Å². The number of carbonyl (C=O) groups is 1. The molecule has 4 rings (SSSR count). The van der Waals surface area contributed by atoms with Crippen molar-refractivity contribution in [2.45, 2.75) is 19.4 Å². The van der Waals surface area contributed by atoms with E-state index in [9.17, 15) is 9.59 Å². The summed E-state index contributed by atoms with van der Waals surface area (Å²) in [5, 5.41) is 2.93. The van der Waals surface area contributed by atoms with Gasteiger partial charge in [-0.3, -0.25) is 14.2 Å². The van der Waals surface area contributed by atoms with Gasteiger partial charge < -0.3 is 9.72 Å². The topological polar surface area (TPSA) is 68.4 Å². The molecule has 0 spiro atoms. The van der Waals surface area contributed by atoms with Gasteiger partial charge in [-0.15, -0.1) is 0 Å². The number of nitrogens with one attached hydrogen (secondary N) is 1. The minimum atomic E-state index is -0.225. The molecule has 0 aliphatic heterocycles. The van der Waals surface area contributed by atoms with Gasteiger partial charge in [0.1, 0.15) is 12.1 Å². The van der Waals surface area contributed by atoms with Crippen LogP contribution in [0.5, 0.6) is 0 Å². The lowest BCUT2D eigenvalue weighted by molar-refractivity contribution is -0.121. The highest BCUT2D eigenvalue weighted by Gasteiger charge is 2.14. The van der Waals surface area contributed by atoms with Gasteiger partial charge in [0.05, 0.1) is 5.52 Å². The third kappa shape index (κ3) is 3.21. The molecule has 6 nitrogen and oxygen atoms in total. The summed E-state index contributed by atoms with van der Waals surface area (Å²) in [7, 11) is 0. The average Bonchev–Trinajstić information content (AvgIpc) is 3.20. The van der Waals surface area contributed by atoms with Crippen LogP contribution in [0, 0.1) is 0 Å². The third-order valence-corrected chi connectivity index (χ3v) is 4.77. The predicted molar refractivity (Wildman–Crippen MR) is 105 cm³/mol. The minimum absolute atomic E-state index is 0.0600. The average molecular weight is 360 g/mol. The van der Waals surface area contributed by atoms with Gasteiger partial charge in [-0.1, -0.05) is 37.3 Å². The first-order valence-corrected chi connectivity index (χ1v) is 8.91. The Hall–Kier alpha value is -3.41. The van der Waals surface area contributed by atoms with E-state index in [1.54, 1.807) is 16.7 Å². The van der Waals surface area contributed by atoms with Crippen molar-refractivity contribution in [1.82, 2.24) is 19.3 Å². The first-order valence-electron chi connectivity index (χ1n) is 8.91. The highest BCUT2D eigenvalue weighted by atomic mass is 16.2. The maximum absolute atomic E-state index is 12.8. The minimum Gasteiger partial charge on any atom is -0.354 e. The number of rotatable bonds is 5. The number of hydrogen-bond acceptors (Lipinski definition) is 3. The van der Waals surface area contributed by atoms with E-state index in [-0.39, 0.29) is 23.9 Å². The SMILES string of the molecule is C[C@H](CNC(=O)Cn1c(=O)c2cccn2c2cccnc21)c1ccccc1. The highest BCUT2D eigenvalue weighted by Crippen LogP contribution is 2.14. The van der Waals surface area contributed by atoms with Gasteiger partial charge in [-0.25, -0.2) is 4.98 Å². The molecule has 3 heterocycles. The zero-order chi connectivity index (χ0) is 18.8. The molecule has 0 unspecified atom stereocenters. The van der Waals surface area contributed by atoms with Crippen LogP contribution in [0.4, 0.5) is 0 Å². The number of pyridine rings is 1. The van der Waals surface area contributed by atoms with Crippen LogP contribution in [0.2, 0.25) is 0 Å². The Balaban J connectivity index is 1.58. The molecule has 6 heteroatoms. The molecule has 136 valence electrons. The summed E-state index contributed by atoms with van der Waals surface area (Å²) >= 11 is 0. The summed E-state index contributed by atoms with van der Waals surface area (Å²) in [6.07, 6.45) is 3.45. The normalized spacial score (nSPS) is 12.3. The van der Waals surface area contributed by atoms with Crippen LogP contribution in [0.3, 0.4) is 0 Å². The summed E-state index contributed by atoms with van der Waals surface area (Å²) in [5.74, 6) is -0.0161. The zero-order valence-electron chi connectivity index (χ0n) is 15.0. The van der Waals surface area contributed by atoms with E-state index >= 15 is 0 Å². The predicted octanol–water partition coefficient (Wildman–Crippen LogP) is 2.57. The van der Waals surface area contributed by atoms with Crippen molar-refractivity contribution in [3.05, 3.63) is 82.9 Å². The molecule has 0 saturated carbocycles. The second kappa shape index (κ2) is 7.07. The van der Waals surface area contributed by atoms with Gasteiger partial charge in [-0.2, -0.15) is 0 Å². The summed E-state index contributed by atoms with van der Waals surface area (Å²) in [5.41, 5.74) is 2.76. The number of aromatic nitrogens is 3. The van der Waals surface area contributed by atoms with E-state index in [0.717, 1.165) is 11.1 Å². The second-order valence-electron chi connectivity index (χ2n) is 6.62. The van der Waals surface area contributed by atoms with E-state index < -0.39 is 0 Å². The lowest BCUT2D eigenvalue weighted by Crippen LogP contribution is -2.35. The van der Waals surface area contributed by atoms with Crippen molar-refractivity contribution < 1.29 is 4.79 Å². The molecule has 1 atom stereocenters. The van der Waals surface area contributed by atoms with Crippen molar-refractivity contribution in [3.63, 3.8) is 0 Å². The monoisotopic (exact) mass is 360 g/mol. The van der Waals surface area contributed by atoms with E-state index in [4.69, 9.17) is 0 Å². The Labute approximate surface area is 156 Å². The Morgan fingerprint density at radius 1 is 1.07 bits per heavy atom. The molecular formula is C21H20N4O2. The van der Waals surface area contributed by atoms with Crippen molar-refractivity contribution in [2.75, 3.05) is 6.54 Å². The van der Waals surface area contributed by atoms with Crippen molar-refractivity contribution in [3.8, 4) is 0 Å². The molecule has 1 amide bonds. The zero-order valence-corrected chi connectivity index (χ0v) is 15.0. The fourth-order valence-electron chi connectivity index (χ4n) is 3.30. The lowest BCUT2D eigenvalue weighted by Gasteiger charge is -2.15. The molecule has 0 radical (unpaired) electrons. The molecule has 1 aromatic carbocycles. The summed E-state index contributed by atoms with van der Waals surface area (Å²) < 4.78 is 3.24. The van der Waals surface area contributed by atoms with Crippen LogP contribution in [0.1, 0.15) is 18.4 Å². The number of carbonyl (C=O) groups excluding carboxylic acids is 1.